The molecule has 3 amide bonds. The van der Waals surface area contributed by atoms with Gasteiger partial charge in [0.2, 0.25) is 11.8 Å². The van der Waals surface area contributed by atoms with Crippen molar-refractivity contribution >= 4 is 45.5 Å². The third-order valence-corrected chi connectivity index (χ3v) is 9.98. The van der Waals surface area contributed by atoms with Gasteiger partial charge in [-0.2, -0.15) is 13.1 Å². The van der Waals surface area contributed by atoms with Gasteiger partial charge in [-0.05, 0) is 83.3 Å². The topological polar surface area (TPSA) is 151 Å². The first kappa shape index (κ1) is 34.9. The number of carbonyl (C=O) groups is 4. The lowest BCUT2D eigenvalue weighted by Crippen LogP contribution is -2.53. The number of nitrogens with zero attached hydrogens (tertiary/aromatic N) is 1. The molecule has 11 nitrogen and oxygen atoms in total. The molecule has 1 saturated carbocycles. The van der Waals surface area contributed by atoms with Crippen LogP contribution in [-0.2, 0) is 35.8 Å². The number of alkyl carbamates (subject to hydrolysis) is 1. The van der Waals surface area contributed by atoms with Gasteiger partial charge < -0.3 is 15.0 Å². The molecule has 1 aromatic carbocycles. The standard InChI is InChI=1S/C32H45ClN4O7S/c1-31(2,3)44-30(41)35-25-15-8-6-4-5-7-13-23-20-32(23,21-27(38)26-16-11-19-37(26)28(25)39)29(40)36-45(42,43)34-18-17-22-12-9-10-14-24(22)33/h7,9-10,12-14,23,25-26,34H,4-6,8,11,15-21H2,1-3H3,(H,35,41)(H,36,40)/b13-7-/t23-,25+,26+,32-/m1/s1. The minimum atomic E-state index is -4.21. The average molecular weight is 665 g/mol. The van der Waals surface area contributed by atoms with Crippen LogP contribution in [0.25, 0.3) is 0 Å². The molecule has 2 aliphatic heterocycles. The predicted molar refractivity (Wildman–Crippen MR) is 171 cm³/mol. The number of allylic oxidation sites excluding steroid dienone is 2. The summed E-state index contributed by atoms with van der Waals surface area (Å²) in [6, 6.07) is 5.50. The molecule has 0 aromatic heterocycles. The maximum atomic E-state index is 13.8. The number of rotatable bonds is 7. The number of Topliss-reactive ketones (excluding diaryl/α,β-unsaturated/α-hetero) is 1. The van der Waals surface area contributed by atoms with Crippen molar-refractivity contribution < 1.29 is 32.3 Å². The Morgan fingerprint density at radius 3 is 2.58 bits per heavy atom. The van der Waals surface area contributed by atoms with Crippen LogP contribution in [0.1, 0.15) is 84.1 Å². The maximum Gasteiger partial charge on any atom is 0.408 e. The summed E-state index contributed by atoms with van der Waals surface area (Å²) in [6.07, 6.45) is 8.21. The lowest BCUT2D eigenvalue weighted by molar-refractivity contribution is -0.140. The molecule has 4 atom stereocenters. The number of benzene rings is 1. The van der Waals surface area contributed by atoms with Crippen LogP contribution in [0.2, 0.25) is 5.02 Å². The van der Waals surface area contributed by atoms with E-state index in [2.05, 4.69) is 14.8 Å². The van der Waals surface area contributed by atoms with Crippen molar-refractivity contribution in [2.75, 3.05) is 13.1 Å². The molecule has 3 aliphatic rings. The van der Waals surface area contributed by atoms with Gasteiger partial charge in [-0.1, -0.05) is 54.8 Å². The summed E-state index contributed by atoms with van der Waals surface area (Å²) >= 11 is 6.17. The van der Waals surface area contributed by atoms with Crippen molar-refractivity contribution in [1.29, 1.82) is 0 Å². The molecule has 1 saturated heterocycles. The minimum Gasteiger partial charge on any atom is -0.444 e. The lowest BCUT2D eigenvalue weighted by atomic mass is 9.91. The predicted octanol–water partition coefficient (Wildman–Crippen LogP) is 4.20. The molecule has 0 bridgehead atoms. The van der Waals surface area contributed by atoms with Crippen molar-refractivity contribution in [2.24, 2.45) is 11.3 Å². The first-order valence-corrected chi connectivity index (χ1v) is 17.6. The number of hydrogen-bond acceptors (Lipinski definition) is 7. The van der Waals surface area contributed by atoms with E-state index in [0.717, 1.165) is 24.8 Å². The Morgan fingerprint density at radius 2 is 1.84 bits per heavy atom. The third-order valence-electron chi connectivity index (χ3n) is 8.58. The first-order chi connectivity index (χ1) is 21.2. The summed E-state index contributed by atoms with van der Waals surface area (Å²) in [5.41, 5.74) is -1.19. The zero-order valence-electron chi connectivity index (χ0n) is 26.3. The molecule has 0 unspecified atom stereocenters. The van der Waals surface area contributed by atoms with Crippen LogP contribution >= 0.6 is 11.6 Å². The minimum absolute atomic E-state index is 0.0270. The van der Waals surface area contributed by atoms with Crippen LogP contribution in [0.15, 0.2) is 36.4 Å². The number of amides is 3. The van der Waals surface area contributed by atoms with Crippen molar-refractivity contribution in [3.8, 4) is 0 Å². The molecule has 3 N–H and O–H groups in total. The van der Waals surface area contributed by atoms with E-state index in [9.17, 15) is 27.6 Å². The summed E-state index contributed by atoms with van der Waals surface area (Å²) in [5.74, 6) is -1.67. The van der Waals surface area contributed by atoms with E-state index in [1.807, 2.05) is 12.2 Å². The van der Waals surface area contributed by atoms with Crippen molar-refractivity contribution in [3.05, 3.63) is 47.0 Å². The number of hydrogen-bond donors (Lipinski definition) is 3. The fourth-order valence-corrected chi connectivity index (χ4v) is 7.28. The second-order valence-electron chi connectivity index (χ2n) is 13.2. The summed E-state index contributed by atoms with van der Waals surface area (Å²) < 4.78 is 35.7. The SMILES string of the molecule is CC(C)(C)OC(=O)N[C@H]1CCCCC/C=C\[C@@H]2C[C@@]2(C(=O)NS(=O)(=O)NCCc2ccccc2Cl)CC(=O)[C@@H]2CCCN2C1=O. The highest BCUT2D eigenvalue weighted by Gasteiger charge is 2.61. The van der Waals surface area contributed by atoms with Gasteiger partial charge in [0.05, 0.1) is 11.5 Å². The molecule has 1 aliphatic carbocycles. The number of fused-ring (bicyclic) bond motifs is 2. The Kier molecular flexibility index (Phi) is 11.4. The third kappa shape index (κ3) is 9.52. The quantitative estimate of drug-likeness (QED) is 0.370. The van der Waals surface area contributed by atoms with Crippen molar-refractivity contribution in [3.63, 3.8) is 0 Å². The number of halogens is 1. The molecule has 2 heterocycles. The number of ketones is 1. The molecule has 4 rings (SSSR count). The Balaban J connectivity index is 1.47. The van der Waals surface area contributed by atoms with E-state index in [-0.39, 0.29) is 30.6 Å². The largest absolute Gasteiger partial charge is 0.444 e. The Morgan fingerprint density at radius 1 is 1.09 bits per heavy atom. The van der Waals surface area contributed by atoms with E-state index in [1.54, 1.807) is 45.0 Å². The molecule has 248 valence electrons. The summed E-state index contributed by atoms with van der Waals surface area (Å²) in [4.78, 5) is 55.2. The zero-order valence-corrected chi connectivity index (χ0v) is 27.8. The van der Waals surface area contributed by atoms with E-state index in [1.165, 1.54) is 4.90 Å². The second kappa shape index (κ2) is 14.6. The highest BCUT2D eigenvalue weighted by atomic mass is 35.5. The fraction of sp³-hybridized carbons (Fsp3) is 0.625. The zero-order chi connectivity index (χ0) is 32.8. The maximum absolute atomic E-state index is 13.8. The molecule has 2 fully saturated rings. The Bertz CT molecular complexity index is 1410. The normalized spacial score (nSPS) is 26.9. The smallest absolute Gasteiger partial charge is 0.408 e. The Hall–Kier alpha value is -2.96. The number of carbonyl (C=O) groups excluding carboxylic acids is 4. The highest BCUT2D eigenvalue weighted by molar-refractivity contribution is 7.88. The molecular weight excluding hydrogens is 620 g/mol. The summed E-state index contributed by atoms with van der Waals surface area (Å²) in [6.45, 7) is 5.61. The van der Waals surface area contributed by atoms with E-state index in [0.29, 0.717) is 50.1 Å². The van der Waals surface area contributed by atoms with Crippen LogP contribution in [0.5, 0.6) is 0 Å². The van der Waals surface area contributed by atoms with Gasteiger partial charge in [-0.15, -0.1) is 0 Å². The molecule has 0 radical (unpaired) electrons. The average Bonchev–Trinajstić information content (AvgIpc) is 3.40. The number of ether oxygens (including phenoxy) is 1. The van der Waals surface area contributed by atoms with Crippen LogP contribution < -0.4 is 14.8 Å². The van der Waals surface area contributed by atoms with Gasteiger partial charge in [-0.25, -0.2) is 9.52 Å². The van der Waals surface area contributed by atoms with Crippen LogP contribution in [-0.4, -0.2) is 67.8 Å². The van der Waals surface area contributed by atoms with Crippen LogP contribution in [0, 0.1) is 11.3 Å². The second-order valence-corrected chi connectivity index (χ2v) is 15.1. The Labute approximate surface area is 271 Å². The first-order valence-electron chi connectivity index (χ1n) is 15.8. The number of nitrogens with one attached hydrogen (secondary N) is 3. The summed E-state index contributed by atoms with van der Waals surface area (Å²) in [5, 5.41) is 3.24. The van der Waals surface area contributed by atoms with E-state index >= 15 is 0 Å². The molecule has 0 spiro atoms. The summed E-state index contributed by atoms with van der Waals surface area (Å²) in [7, 11) is -4.21. The fourth-order valence-electron chi connectivity index (χ4n) is 6.16. The van der Waals surface area contributed by atoms with Crippen molar-refractivity contribution in [2.45, 2.75) is 103 Å². The van der Waals surface area contributed by atoms with Gasteiger partial charge in [0.25, 0.3) is 0 Å². The van der Waals surface area contributed by atoms with Crippen LogP contribution in [0.3, 0.4) is 0 Å². The van der Waals surface area contributed by atoms with Gasteiger partial charge >= 0.3 is 16.3 Å². The van der Waals surface area contributed by atoms with Crippen LogP contribution in [0.4, 0.5) is 4.79 Å². The van der Waals surface area contributed by atoms with Gasteiger partial charge in [0.15, 0.2) is 5.78 Å². The lowest BCUT2D eigenvalue weighted by Gasteiger charge is -2.30. The monoisotopic (exact) mass is 664 g/mol. The molecule has 45 heavy (non-hydrogen) atoms. The van der Waals surface area contributed by atoms with Gasteiger partial charge in [0.1, 0.15) is 11.6 Å². The molecule has 13 heteroatoms. The van der Waals surface area contributed by atoms with Gasteiger partial charge in [-0.3, -0.25) is 14.4 Å². The highest BCUT2D eigenvalue weighted by Crippen LogP contribution is 2.57. The molecule has 1 aromatic rings. The van der Waals surface area contributed by atoms with Gasteiger partial charge in [0, 0.05) is 24.5 Å². The van der Waals surface area contributed by atoms with E-state index < -0.39 is 45.3 Å². The van der Waals surface area contributed by atoms with Crippen molar-refractivity contribution in [1.82, 2.24) is 19.7 Å². The van der Waals surface area contributed by atoms with E-state index in [4.69, 9.17) is 16.3 Å². The molecular formula is C32H45ClN4O7S.